The molecule has 1 aliphatic rings. The van der Waals surface area contributed by atoms with Crippen molar-refractivity contribution in [1.82, 2.24) is 10.2 Å². The summed E-state index contributed by atoms with van der Waals surface area (Å²) in [7, 11) is 0. The van der Waals surface area contributed by atoms with Gasteiger partial charge in [-0.2, -0.15) is 0 Å². The molecule has 1 fully saturated rings. The molecule has 2 atom stereocenters. The second-order valence-corrected chi connectivity index (χ2v) is 6.33. The molecule has 90 valence electrons. The first kappa shape index (κ1) is 13.0. The third-order valence-corrected chi connectivity index (χ3v) is 3.73. The minimum absolute atomic E-state index is 0.366. The molecule has 2 unspecified atom stereocenters. The monoisotopic (exact) mass is 212 g/mol. The molecule has 2 nitrogen and oxygen atoms in total. The Morgan fingerprint density at radius 3 is 2.20 bits per heavy atom. The van der Waals surface area contributed by atoms with E-state index in [0.717, 1.165) is 0 Å². The minimum Gasteiger partial charge on any atom is -0.310 e. The van der Waals surface area contributed by atoms with E-state index >= 15 is 0 Å². The Bertz CT molecular complexity index is 193. The van der Waals surface area contributed by atoms with Crippen LogP contribution in [0.5, 0.6) is 0 Å². The summed E-state index contributed by atoms with van der Waals surface area (Å²) in [5.74, 6) is 0. The van der Waals surface area contributed by atoms with Crippen molar-refractivity contribution >= 4 is 0 Å². The Morgan fingerprint density at radius 2 is 1.80 bits per heavy atom. The van der Waals surface area contributed by atoms with Gasteiger partial charge < -0.3 is 5.32 Å². The van der Waals surface area contributed by atoms with Crippen molar-refractivity contribution in [3.8, 4) is 0 Å². The summed E-state index contributed by atoms with van der Waals surface area (Å²) in [5, 5.41) is 3.76. The smallest absolute Gasteiger partial charge is 0.0209 e. The van der Waals surface area contributed by atoms with Crippen LogP contribution in [0.15, 0.2) is 0 Å². The second-order valence-electron chi connectivity index (χ2n) is 6.33. The fraction of sp³-hybridized carbons (Fsp3) is 1.00. The highest BCUT2D eigenvalue weighted by Crippen LogP contribution is 2.21. The predicted octanol–water partition coefficient (Wildman–Crippen LogP) is 2.49. The van der Waals surface area contributed by atoms with Crippen molar-refractivity contribution in [2.24, 2.45) is 5.41 Å². The number of hydrogen-bond acceptors (Lipinski definition) is 2. The molecule has 0 aliphatic carbocycles. The van der Waals surface area contributed by atoms with Gasteiger partial charge in [0.15, 0.2) is 0 Å². The van der Waals surface area contributed by atoms with Crippen LogP contribution < -0.4 is 5.32 Å². The van der Waals surface area contributed by atoms with Crippen LogP contribution >= 0.6 is 0 Å². The van der Waals surface area contributed by atoms with Crippen molar-refractivity contribution < 1.29 is 0 Å². The van der Waals surface area contributed by atoms with Gasteiger partial charge in [-0.15, -0.1) is 0 Å². The largest absolute Gasteiger partial charge is 0.310 e. The first-order valence-electron chi connectivity index (χ1n) is 6.31. The molecule has 0 aromatic heterocycles. The van der Waals surface area contributed by atoms with E-state index in [1.807, 2.05) is 0 Å². The molecule has 1 N–H and O–H groups in total. The highest BCUT2D eigenvalue weighted by molar-refractivity contribution is 4.87. The van der Waals surface area contributed by atoms with Gasteiger partial charge in [-0.3, -0.25) is 4.90 Å². The molecule has 0 amide bonds. The zero-order chi connectivity index (χ0) is 11.6. The average molecular weight is 212 g/mol. The molecule has 2 heteroatoms. The van der Waals surface area contributed by atoms with Crippen molar-refractivity contribution in [3.05, 3.63) is 0 Å². The Kier molecular flexibility index (Phi) is 4.19. The number of nitrogens with one attached hydrogen (secondary N) is 1. The molecule has 1 heterocycles. The first-order chi connectivity index (χ1) is 6.80. The van der Waals surface area contributed by atoms with E-state index in [0.29, 0.717) is 23.5 Å². The Labute approximate surface area is 95.4 Å². The van der Waals surface area contributed by atoms with Crippen LogP contribution in [0.25, 0.3) is 0 Å². The van der Waals surface area contributed by atoms with Gasteiger partial charge in [-0.25, -0.2) is 0 Å². The summed E-state index contributed by atoms with van der Waals surface area (Å²) in [6, 6.07) is 1.98. The maximum Gasteiger partial charge on any atom is 0.0209 e. The molecule has 0 spiro atoms. The fourth-order valence-corrected chi connectivity index (χ4v) is 2.00. The summed E-state index contributed by atoms with van der Waals surface area (Å²) in [5.41, 5.74) is 0.366. The van der Waals surface area contributed by atoms with Crippen LogP contribution in [-0.2, 0) is 0 Å². The predicted molar refractivity (Wildman–Crippen MR) is 67.2 cm³/mol. The van der Waals surface area contributed by atoms with Gasteiger partial charge in [-0.05, 0) is 39.2 Å². The van der Waals surface area contributed by atoms with Crippen LogP contribution in [0.4, 0.5) is 0 Å². The molecular weight excluding hydrogens is 184 g/mol. The normalized spacial score (nSPS) is 26.2. The lowest BCUT2D eigenvalue weighted by Gasteiger charge is -2.31. The van der Waals surface area contributed by atoms with Gasteiger partial charge in [0.2, 0.25) is 0 Å². The molecular formula is C13H28N2. The van der Waals surface area contributed by atoms with Gasteiger partial charge >= 0.3 is 0 Å². The van der Waals surface area contributed by atoms with Crippen molar-refractivity contribution in [2.75, 3.05) is 13.1 Å². The van der Waals surface area contributed by atoms with Crippen LogP contribution in [0.3, 0.4) is 0 Å². The summed E-state index contributed by atoms with van der Waals surface area (Å²) in [6.45, 7) is 16.3. The minimum atomic E-state index is 0.366. The number of hydrogen-bond donors (Lipinski definition) is 1. The summed E-state index contributed by atoms with van der Waals surface area (Å²) in [4.78, 5) is 2.56. The molecule has 0 saturated carbocycles. The van der Waals surface area contributed by atoms with E-state index in [2.05, 4.69) is 51.8 Å². The molecule has 0 aromatic carbocycles. The van der Waals surface area contributed by atoms with E-state index in [4.69, 9.17) is 0 Å². The zero-order valence-corrected chi connectivity index (χ0v) is 11.3. The van der Waals surface area contributed by atoms with E-state index in [1.54, 1.807) is 0 Å². The molecule has 0 bridgehead atoms. The van der Waals surface area contributed by atoms with Crippen LogP contribution in [-0.4, -0.2) is 36.1 Å². The molecule has 0 aromatic rings. The SMILES string of the molecule is CC(C)N1CCC(NC(C)C(C)(C)C)C1. The van der Waals surface area contributed by atoms with Crippen molar-refractivity contribution in [3.63, 3.8) is 0 Å². The highest BCUT2D eigenvalue weighted by atomic mass is 15.2. The average Bonchev–Trinajstić information content (AvgIpc) is 2.50. The third kappa shape index (κ3) is 3.76. The summed E-state index contributed by atoms with van der Waals surface area (Å²) < 4.78 is 0. The van der Waals surface area contributed by atoms with E-state index in [9.17, 15) is 0 Å². The highest BCUT2D eigenvalue weighted by Gasteiger charge is 2.28. The molecule has 1 aliphatic heterocycles. The molecule has 0 radical (unpaired) electrons. The standard InChI is InChI=1S/C13H28N2/c1-10(2)15-8-7-12(9-15)14-11(3)13(4,5)6/h10-12,14H,7-9H2,1-6H3. The van der Waals surface area contributed by atoms with Gasteiger partial charge in [0, 0.05) is 24.7 Å². The number of nitrogens with zero attached hydrogens (tertiary/aromatic N) is 1. The molecule has 1 saturated heterocycles. The fourth-order valence-electron chi connectivity index (χ4n) is 2.00. The zero-order valence-electron chi connectivity index (χ0n) is 11.3. The van der Waals surface area contributed by atoms with Crippen LogP contribution in [0.1, 0.15) is 48.0 Å². The lowest BCUT2D eigenvalue weighted by molar-refractivity contribution is 0.240. The first-order valence-corrected chi connectivity index (χ1v) is 6.31. The lowest BCUT2D eigenvalue weighted by atomic mass is 9.87. The van der Waals surface area contributed by atoms with Gasteiger partial charge in [0.1, 0.15) is 0 Å². The summed E-state index contributed by atoms with van der Waals surface area (Å²) >= 11 is 0. The summed E-state index contributed by atoms with van der Waals surface area (Å²) in [6.07, 6.45) is 1.30. The Hall–Kier alpha value is -0.0800. The lowest BCUT2D eigenvalue weighted by Crippen LogP contribution is -2.45. The second kappa shape index (κ2) is 4.84. The topological polar surface area (TPSA) is 15.3 Å². The van der Waals surface area contributed by atoms with E-state index in [-0.39, 0.29) is 0 Å². The maximum atomic E-state index is 3.76. The van der Waals surface area contributed by atoms with E-state index in [1.165, 1.54) is 19.5 Å². The van der Waals surface area contributed by atoms with Crippen LogP contribution in [0.2, 0.25) is 0 Å². The van der Waals surface area contributed by atoms with E-state index < -0.39 is 0 Å². The van der Waals surface area contributed by atoms with Crippen LogP contribution in [0, 0.1) is 5.41 Å². The Morgan fingerprint density at radius 1 is 1.20 bits per heavy atom. The van der Waals surface area contributed by atoms with Crippen molar-refractivity contribution in [1.29, 1.82) is 0 Å². The molecule has 1 rings (SSSR count). The van der Waals surface area contributed by atoms with Crippen molar-refractivity contribution in [2.45, 2.75) is 66.1 Å². The number of rotatable bonds is 3. The number of likely N-dealkylation sites (tertiary alicyclic amines) is 1. The van der Waals surface area contributed by atoms with Gasteiger partial charge in [-0.1, -0.05) is 20.8 Å². The maximum absolute atomic E-state index is 3.76. The Balaban J connectivity index is 2.36. The van der Waals surface area contributed by atoms with Gasteiger partial charge in [0.25, 0.3) is 0 Å². The molecule has 15 heavy (non-hydrogen) atoms. The quantitative estimate of drug-likeness (QED) is 0.773. The van der Waals surface area contributed by atoms with Gasteiger partial charge in [0.05, 0.1) is 0 Å². The third-order valence-electron chi connectivity index (χ3n) is 3.73.